The first kappa shape index (κ1) is 12.8. The van der Waals surface area contributed by atoms with Crippen LogP contribution in [0, 0.1) is 5.92 Å². The zero-order valence-electron chi connectivity index (χ0n) is 10.0. The van der Waals surface area contributed by atoms with Gasteiger partial charge in [0.25, 0.3) is 0 Å². The first-order valence-corrected chi connectivity index (χ1v) is 5.89. The van der Waals surface area contributed by atoms with Gasteiger partial charge in [0.15, 0.2) is 5.84 Å². The largest absolute Gasteiger partial charge is 0.409 e. The van der Waals surface area contributed by atoms with Crippen molar-refractivity contribution >= 4 is 11.7 Å². The first-order chi connectivity index (χ1) is 7.61. The molecule has 1 atom stereocenters. The van der Waals surface area contributed by atoms with Crippen molar-refractivity contribution in [2.75, 3.05) is 6.54 Å². The molecule has 5 heteroatoms. The highest BCUT2D eigenvalue weighted by molar-refractivity contribution is 6.01. The van der Waals surface area contributed by atoms with E-state index in [9.17, 15) is 4.79 Å². The average Bonchev–Trinajstić information content (AvgIpc) is 2.81. The molecule has 0 radical (unpaired) electrons. The summed E-state index contributed by atoms with van der Waals surface area (Å²) in [6, 6.07) is 0.339. The van der Waals surface area contributed by atoms with Crippen LogP contribution < -0.4 is 5.73 Å². The van der Waals surface area contributed by atoms with Gasteiger partial charge < -0.3 is 15.8 Å². The maximum absolute atomic E-state index is 12.1. The van der Waals surface area contributed by atoms with Crippen LogP contribution in [0.3, 0.4) is 0 Å². The van der Waals surface area contributed by atoms with E-state index in [1.54, 1.807) is 6.92 Å². The van der Waals surface area contributed by atoms with Crippen molar-refractivity contribution in [2.45, 2.75) is 45.6 Å². The minimum Gasteiger partial charge on any atom is -0.409 e. The minimum absolute atomic E-state index is 0.0125. The molecule has 0 spiro atoms. The van der Waals surface area contributed by atoms with Crippen molar-refractivity contribution in [3.05, 3.63) is 0 Å². The number of oxime groups is 1. The number of hydrogen-bond acceptors (Lipinski definition) is 3. The highest BCUT2D eigenvalue weighted by Gasteiger charge is 2.29. The van der Waals surface area contributed by atoms with Crippen LogP contribution in [0.2, 0.25) is 0 Å². The third-order valence-electron chi connectivity index (χ3n) is 3.32. The monoisotopic (exact) mass is 227 g/mol. The standard InChI is InChI=1S/C11H21N3O2/c1-3-14(9-6-4-5-7-9)11(15)8(2)10(12)13-16/h8-9,16H,3-7H2,1-2H3,(H2,12,13). The van der Waals surface area contributed by atoms with Crippen molar-refractivity contribution in [3.63, 3.8) is 0 Å². The van der Waals surface area contributed by atoms with E-state index in [-0.39, 0.29) is 11.7 Å². The molecule has 1 rings (SSSR count). The molecular weight excluding hydrogens is 206 g/mol. The number of hydrogen-bond donors (Lipinski definition) is 2. The average molecular weight is 227 g/mol. The summed E-state index contributed by atoms with van der Waals surface area (Å²) in [4.78, 5) is 14.0. The summed E-state index contributed by atoms with van der Waals surface area (Å²) in [5.41, 5.74) is 5.46. The highest BCUT2D eigenvalue weighted by Crippen LogP contribution is 2.24. The lowest BCUT2D eigenvalue weighted by Gasteiger charge is -2.29. The van der Waals surface area contributed by atoms with Crippen LogP contribution in [0.15, 0.2) is 5.16 Å². The van der Waals surface area contributed by atoms with Gasteiger partial charge in [-0.05, 0) is 26.7 Å². The lowest BCUT2D eigenvalue weighted by Crippen LogP contribution is -2.45. The second-order valence-corrected chi connectivity index (χ2v) is 4.31. The molecule has 5 nitrogen and oxygen atoms in total. The topological polar surface area (TPSA) is 78.9 Å². The summed E-state index contributed by atoms with van der Waals surface area (Å²) in [5, 5.41) is 11.5. The molecule has 1 fully saturated rings. The molecule has 0 aliphatic heterocycles. The molecule has 3 N–H and O–H groups in total. The third kappa shape index (κ3) is 2.65. The Morgan fingerprint density at radius 1 is 1.56 bits per heavy atom. The van der Waals surface area contributed by atoms with Crippen molar-refractivity contribution in [3.8, 4) is 0 Å². The minimum atomic E-state index is -0.537. The fraction of sp³-hybridized carbons (Fsp3) is 0.818. The first-order valence-electron chi connectivity index (χ1n) is 5.89. The number of amides is 1. The predicted molar refractivity (Wildman–Crippen MR) is 62.2 cm³/mol. The molecule has 0 aromatic carbocycles. The molecule has 0 heterocycles. The van der Waals surface area contributed by atoms with Crippen molar-refractivity contribution in [1.82, 2.24) is 4.90 Å². The van der Waals surface area contributed by atoms with E-state index in [1.165, 1.54) is 12.8 Å². The number of carbonyl (C=O) groups is 1. The summed E-state index contributed by atoms with van der Waals surface area (Å²) in [6.07, 6.45) is 4.52. The summed E-state index contributed by atoms with van der Waals surface area (Å²) >= 11 is 0. The third-order valence-corrected chi connectivity index (χ3v) is 3.32. The van der Waals surface area contributed by atoms with Crippen LogP contribution in [0.1, 0.15) is 39.5 Å². The summed E-state index contributed by atoms with van der Waals surface area (Å²) < 4.78 is 0. The number of rotatable bonds is 4. The highest BCUT2D eigenvalue weighted by atomic mass is 16.4. The Hall–Kier alpha value is -1.26. The summed E-state index contributed by atoms with van der Waals surface area (Å²) in [7, 11) is 0. The van der Waals surface area contributed by atoms with Gasteiger partial charge >= 0.3 is 0 Å². The van der Waals surface area contributed by atoms with Crippen LogP contribution >= 0.6 is 0 Å². The zero-order valence-corrected chi connectivity index (χ0v) is 10.0. The molecule has 1 aliphatic carbocycles. The van der Waals surface area contributed by atoms with Crippen LogP contribution in [0.5, 0.6) is 0 Å². The van der Waals surface area contributed by atoms with Crippen molar-refractivity contribution in [1.29, 1.82) is 0 Å². The number of nitrogens with zero attached hydrogens (tertiary/aromatic N) is 2. The van der Waals surface area contributed by atoms with Gasteiger partial charge in [0.05, 0.1) is 5.92 Å². The van der Waals surface area contributed by atoms with Crippen LogP contribution in [0.25, 0.3) is 0 Å². The maximum Gasteiger partial charge on any atom is 0.233 e. The zero-order chi connectivity index (χ0) is 12.1. The maximum atomic E-state index is 12.1. The van der Waals surface area contributed by atoms with Crippen molar-refractivity contribution in [2.24, 2.45) is 16.8 Å². The van der Waals surface area contributed by atoms with Gasteiger partial charge in [0.1, 0.15) is 0 Å². The lowest BCUT2D eigenvalue weighted by atomic mass is 10.1. The summed E-state index contributed by atoms with van der Waals surface area (Å²) in [5.74, 6) is -0.586. The molecule has 0 saturated heterocycles. The SMILES string of the molecule is CCN(C(=O)C(C)C(N)=NO)C1CCCC1. The van der Waals surface area contributed by atoms with Gasteiger partial charge in [-0.2, -0.15) is 0 Å². The predicted octanol–water partition coefficient (Wildman–Crippen LogP) is 1.16. The Balaban J connectivity index is 2.68. The van der Waals surface area contributed by atoms with E-state index >= 15 is 0 Å². The molecule has 0 bridgehead atoms. The van der Waals surface area contributed by atoms with Gasteiger partial charge in [0, 0.05) is 12.6 Å². The van der Waals surface area contributed by atoms with Crippen LogP contribution in [-0.2, 0) is 4.79 Å². The van der Waals surface area contributed by atoms with Gasteiger partial charge in [-0.1, -0.05) is 18.0 Å². The van der Waals surface area contributed by atoms with Gasteiger partial charge in [0.2, 0.25) is 5.91 Å². The second-order valence-electron chi connectivity index (χ2n) is 4.31. The molecule has 1 amide bonds. The van der Waals surface area contributed by atoms with Gasteiger partial charge in [-0.15, -0.1) is 0 Å². The normalized spacial score (nSPS) is 19.8. The van der Waals surface area contributed by atoms with E-state index in [0.717, 1.165) is 12.8 Å². The van der Waals surface area contributed by atoms with Crippen molar-refractivity contribution < 1.29 is 10.0 Å². The molecule has 1 unspecified atom stereocenters. The van der Waals surface area contributed by atoms with E-state index in [4.69, 9.17) is 10.9 Å². The van der Waals surface area contributed by atoms with E-state index < -0.39 is 5.92 Å². The Bertz CT molecular complexity index is 272. The van der Waals surface area contributed by atoms with Gasteiger partial charge in [-0.3, -0.25) is 4.79 Å². The number of nitrogens with two attached hydrogens (primary N) is 1. The van der Waals surface area contributed by atoms with E-state index in [2.05, 4.69) is 5.16 Å². The molecule has 1 aliphatic rings. The number of amidine groups is 1. The van der Waals surface area contributed by atoms with E-state index in [0.29, 0.717) is 12.6 Å². The fourth-order valence-corrected chi connectivity index (χ4v) is 2.27. The Morgan fingerprint density at radius 3 is 2.56 bits per heavy atom. The molecule has 1 saturated carbocycles. The molecular formula is C11H21N3O2. The Morgan fingerprint density at radius 2 is 2.12 bits per heavy atom. The smallest absolute Gasteiger partial charge is 0.233 e. The quantitative estimate of drug-likeness (QED) is 0.327. The molecule has 0 aromatic heterocycles. The number of carbonyl (C=O) groups excluding carboxylic acids is 1. The summed E-state index contributed by atoms with van der Waals surface area (Å²) in [6.45, 7) is 4.33. The lowest BCUT2D eigenvalue weighted by molar-refractivity contribution is -0.135. The van der Waals surface area contributed by atoms with Crippen LogP contribution in [-0.4, -0.2) is 34.4 Å². The van der Waals surface area contributed by atoms with Crippen LogP contribution in [0.4, 0.5) is 0 Å². The Labute approximate surface area is 96.3 Å². The molecule has 0 aromatic rings. The molecule has 92 valence electrons. The van der Waals surface area contributed by atoms with Gasteiger partial charge in [-0.25, -0.2) is 0 Å². The fourth-order valence-electron chi connectivity index (χ4n) is 2.27. The second kappa shape index (κ2) is 5.72. The Kier molecular flexibility index (Phi) is 4.58. The van der Waals surface area contributed by atoms with E-state index in [1.807, 2.05) is 11.8 Å². The molecule has 16 heavy (non-hydrogen) atoms.